The maximum atomic E-state index is 14.1. The van der Waals surface area contributed by atoms with Gasteiger partial charge in [0.25, 0.3) is 0 Å². The second-order valence-electron chi connectivity index (χ2n) is 5.67. The van der Waals surface area contributed by atoms with Crippen LogP contribution < -0.4 is 10.1 Å². The number of halogens is 1. The molecule has 0 aliphatic rings. The van der Waals surface area contributed by atoms with Gasteiger partial charge in [-0.05, 0) is 43.9 Å². The summed E-state index contributed by atoms with van der Waals surface area (Å²) in [6.07, 6.45) is 1.71. The fourth-order valence-corrected chi connectivity index (χ4v) is 2.37. The molecule has 1 aromatic carbocycles. The number of methoxy groups -OCH3 is 1. The summed E-state index contributed by atoms with van der Waals surface area (Å²) < 4.78 is 19.1. The molecule has 0 fully saturated rings. The molecule has 0 saturated heterocycles. The summed E-state index contributed by atoms with van der Waals surface area (Å²) in [6.45, 7) is 6.48. The summed E-state index contributed by atoms with van der Waals surface area (Å²) in [5.74, 6) is 0.0927. The molecule has 1 N–H and O–H groups in total. The van der Waals surface area contributed by atoms with E-state index in [0.717, 1.165) is 12.0 Å². The van der Waals surface area contributed by atoms with E-state index >= 15 is 0 Å². The number of ether oxygens (including phenoxy) is 1. The topological polar surface area (TPSA) is 21.3 Å². The Balaban J connectivity index is 2.83. The summed E-state index contributed by atoms with van der Waals surface area (Å²) in [4.78, 5) is 0. The van der Waals surface area contributed by atoms with Crippen LogP contribution in [0.5, 0.6) is 5.75 Å². The highest BCUT2D eigenvalue weighted by molar-refractivity contribution is 5.31. The second-order valence-corrected chi connectivity index (χ2v) is 5.67. The molecule has 0 radical (unpaired) electrons. The predicted molar refractivity (Wildman–Crippen MR) is 73.6 cm³/mol. The average molecular weight is 253 g/mol. The Morgan fingerprint density at radius 1 is 1.39 bits per heavy atom. The van der Waals surface area contributed by atoms with E-state index in [-0.39, 0.29) is 11.2 Å². The van der Waals surface area contributed by atoms with Crippen molar-refractivity contribution in [2.45, 2.75) is 39.7 Å². The fourth-order valence-electron chi connectivity index (χ4n) is 2.37. The van der Waals surface area contributed by atoms with Gasteiger partial charge in [0.05, 0.1) is 7.11 Å². The van der Waals surface area contributed by atoms with Gasteiger partial charge in [-0.3, -0.25) is 0 Å². The first-order valence-corrected chi connectivity index (χ1v) is 6.38. The number of hydrogen-bond donors (Lipinski definition) is 1. The first kappa shape index (κ1) is 15.0. The van der Waals surface area contributed by atoms with Gasteiger partial charge in [-0.25, -0.2) is 4.39 Å². The molecule has 3 heteroatoms. The van der Waals surface area contributed by atoms with Gasteiger partial charge in [-0.1, -0.05) is 26.0 Å². The zero-order valence-electron chi connectivity index (χ0n) is 12.0. The van der Waals surface area contributed by atoms with Gasteiger partial charge in [0.1, 0.15) is 0 Å². The molecule has 18 heavy (non-hydrogen) atoms. The van der Waals surface area contributed by atoms with E-state index < -0.39 is 0 Å². The smallest absolute Gasteiger partial charge is 0.168 e. The molecule has 0 spiro atoms. The third-order valence-electron chi connectivity index (χ3n) is 3.28. The van der Waals surface area contributed by atoms with Crippen LogP contribution in [0, 0.1) is 11.2 Å². The standard InChI is InChI=1S/C15H24FNO/c1-11(17-4)9-15(2,3)10-12-7-6-8-13(18-5)14(12)16/h6-8,11,17H,9-10H2,1-5H3. The quantitative estimate of drug-likeness (QED) is 0.839. The molecular weight excluding hydrogens is 229 g/mol. The molecular formula is C15H24FNO. The maximum Gasteiger partial charge on any atom is 0.168 e. The molecule has 102 valence electrons. The summed E-state index contributed by atoms with van der Waals surface area (Å²) in [5.41, 5.74) is 0.776. The van der Waals surface area contributed by atoms with Crippen LogP contribution in [0.1, 0.15) is 32.8 Å². The van der Waals surface area contributed by atoms with Crippen LogP contribution in [0.2, 0.25) is 0 Å². The summed E-state index contributed by atoms with van der Waals surface area (Å²) >= 11 is 0. The Kier molecular flexibility index (Phi) is 5.15. The Hall–Kier alpha value is -1.09. The normalized spacial score (nSPS) is 13.4. The average Bonchev–Trinajstić information content (AvgIpc) is 2.31. The first-order chi connectivity index (χ1) is 8.39. The number of nitrogens with one attached hydrogen (secondary N) is 1. The minimum atomic E-state index is -0.231. The monoisotopic (exact) mass is 253 g/mol. The van der Waals surface area contributed by atoms with E-state index in [2.05, 4.69) is 26.1 Å². The zero-order valence-corrected chi connectivity index (χ0v) is 12.0. The molecule has 0 aliphatic heterocycles. The lowest BCUT2D eigenvalue weighted by atomic mass is 9.80. The predicted octanol–water partition coefficient (Wildman–Crippen LogP) is 3.40. The van der Waals surface area contributed by atoms with Crippen molar-refractivity contribution in [1.82, 2.24) is 5.32 Å². The summed E-state index contributed by atoms with van der Waals surface area (Å²) in [5, 5.41) is 3.23. The van der Waals surface area contributed by atoms with E-state index in [4.69, 9.17) is 4.74 Å². The van der Waals surface area contributed by atoms with Crippen LogP contribution in [0.25, 0.3) is 0 Å². The maximum absolute atomic E-state index is 14.1. The highest BCUT2D eigenvalue weighted by Crippen LogP contribution is 2.30. The molecule has 2 nitrogen and oxygen atoms in total. The molecule has 1 rings (SSSR count). The Morgan fingerprint density at radius 3 is 2.61 bits per heavy atom. The Labute approximate surface area is 110 Å². The SMILES string of the molecule is CNC(C)CC(C)(C)Cc1cccc(OC)c1F. The molecule has 1 atom stereocenters. The van der Waals surface area contributed by atoms with Crippen molar-refractivity contribution >= 4 is 0 Å². The van der Waals surface area contributed by atoms with Crippen LogP contribution in [-0.2, 0) is 6.42 Å². The van der Waals surface area contributed by atoms with Crippen LogP contribution in [0.4, 0.5) is 4.39 Å². The van der Waals surface area contributed by atoms with Gasteiger partial charge in [-0.15, -0.1) is 0 Å². The third kappa shape index (κ3) is 3.98. The molecule has 0 aromatic heterocycles. The van der Waals surface area contributed by atoms with Crippen molar-refractivity contribution in [3.05, 3.63) is 29.6 Å². The van der Waals surface area contributed by atoms with Crippen molar-refractivity contribution in [1.29, 1.82) is 0 Å². The number of rotatable bonds is 6. The van der Waals surface area contributed by atoms with E-state index in [1.807, 2.05) is 19.2 Å². The number of hydrogen-bond acceptors (Lipinski definition) is 2. The fraction of sp³-hybridized carbons (Fsp3) is 0.600. The van der Waals surface area contributed by atoms with Gasteiger partial charge in [0.2, 0.25) is 0 Å². The highest BCUT2D eigenvalue weighted by Gasteiger charge is 2.23. The van der Waals surface area contributed by atoms with Gasteiger partial charge < -0.3 is 10.1 Å². The zero-order chi connectivity index (χ0) is 13.8. The van der Waals surface area contributed by atoms with E-state index in [1.165, 1.54) is 7.11 Å². The lowest BCUT2D eigenvalue weighted by molar-refractivity contribution is 0.288. The first-order valence-electron chi connectivity index (χ1n) is 6.38. The van der Waals surface area contributed by atoms with Crippen LogP contribution in [-0.4, -0.2) is 20.2 Å². The molecule has 1 unspecified atom stereocenters. The second kappa shape index (κ2) is 6.19. The van der Waals surface area contributed by atoms with Crippen LogP contribution >= 0.6 is 0 Å². The van der Waals surface area contributed by atoms with Crippen molar-refractivity contribution in [2.75, 3.05) is 14.2 Å². The van der Waals surface area contributed by atoms with Crippen LogP contribution in [0.3, 0.4) is 0 Å². The third-order valence-corrected chi connectivity index (χ3v) is 3.28. The Morgan fingerprint density at radius 2 is 2.06 bits per heavy atom. The van der Waals surface area contributed by atoms with Gasteiger partial charge in [0, 0.05) is 6.04 Å². The minimum absolute atomic E-state index is 0.0512. The van der Waals surface area contributed by atoms with Crippen molar-refractivity contribution in [2.24, 2.45) is 5.41 Å². The molecule has 0 bridgehead atoms. The lowest BCUT2D eigenvalue weighted by Crippen LogP contribution is -2.29. The van der Waals surface area contributed by atoms with E-state index in [9.17, 15) is 4.39 Å². The summed E-state index contributed by atoms with van der Waals surface area (Å²) in [6, 6.07) is 5.76. The van der Waals surface area contributed by atoms with Crippen molar-refractivity contribution < 1.29 is 9.13 Å². The van der Waals surface area contributed by atoms with Gasteiger partial charge in [-0.2, -0.15) is 0 Å². The van der Waals surface area contributed by atoms with Crippen molar-refractivity contribution in [3.63, 3.8) is 0 Å². The molecule has 1 aromatic rings. The van der Waals surface area contributed by atoms with Crippen molar-refractivity contribution in [3.8, 4) is 5.75 Å². The largest absolute Gasteiger partial charge is 0.494 e. The molecule has 0 amide bonds. The molecule has 0 saturated carbocycles. The summed E-state index contributed by atoms with van der Waals surface area (Å²) in [7, 11) is 3.45. The van der Waals surface area contributed by atoms with E-state index in [0.29, 0.717) is 18.2 Å². The highest BCUT2D eigenvalue weighted by atomic mass is 19.1. The molecule has 0 heterocycles. The minimum Gasteiger partial charge on any atom is -0.494 e. The number of benzene rings is 1. The lowest BCUT2D eigenvalue weighted by Gasteiger charge is -2.28. The van der Waals surface area contributed by atoms with Gasteiger partial charge >= 0.3 is 0 Å². The van der Waals surface area contributed by atoms with Gasteiger partial charge in [0.15, 0.2) is 11.6 Å². The van der Waals surface area contributed by atoms with Crippen LogP contribution in [0.15, 0.2) is 18.2 Å². The molecule has 0 aliphatic carbocycles. The van der Waals surface area contributed by atoms with E-state index in [1.54, 1.807) is 6.07 Å². The Bertz CT molecular complexity index is 390.